The second-order valence-electron chi connectivity index (χ2n) is 8.21. The molecule has 0 spiro atoms. The molecule has 170 valence electrons. The number of thiophene rings is 1. The molecule has 0 radical (unpaired) electrons. The first-order valence-electron chi connectivity index (χ1n) is 11.0. The minimum absolute atomic E-state index is 0.127. The van der Waals surface area contributed by atoms with Gasteiger partial charge in [0.05, 0.1) is 10.9 Å². The molecule has 2 N–H and O–H groups in total. The van der Waals surface area contributed by atoms with Crippen molar-refractivity contribution in [3.63, 3.8) is 0 Å². The van der Waals surface area contributed by atoms with Gasteiger partial charge in [-0.25, -0.2) is 9.97 Å². The van der Waals surface area contributed by atoms with Gasteiger partial charge in [-0.3, -0.25) is 0 Å². The largest absolute Gasteiger partial charge is 0.508 e. The van der Waals surface area contributed by atoms with E-state index in [0.29, 0.717) is 23.8 Å². The fourth-order valence-corrected chi connectivity index (χ4v) is 4.67. The lowest BCUT2D eigenvalue weighted by Gasteiger charge is -2.13. The molecule has 7 heteroatoms. The number of phenolic OH excluding ortho intramolecular Hbond substituents is 1. The molecule has 0 atom stereocenters. The second-order valence-corrected chi connectivity index (χ2v) is 9.30. The number of rotatable bonds is 7. The van der Waals surface area contributed by atoms with Gasteiger partial charge in [-0.1, -0.05) is 18.1 Å². The minimum atomic E-state index is 0.127. The summed E-state index contributed by atoms with van der Waals surface area (Å²) in [4.78, 5) is 10.9. The van der Waals surface area contributed by atoms with Gasteiger partial charge >= 0.3 is 0 Å². The molecule has 3 aromatic heterocycles. The van der Waals surface area contributed by atoms with Crippen molar-refractivity contribution < 1.29 is 5.11 Å². The summed E-state index contributed by atoms with van der Waals surface area (Å²) in [5, 5.41) is 25.5. The number of nitriles is 1. The van der Waals surface area contributed by atoms with Gasteiger partial charge in [0.25, 0.3) is 0 Å². The van der Waals surface area contributed by atoms with E-state index < -0.39 is 0 Å². The maximum atomic E-state index is 9.82. The van der Waals surface area contributed by atoms with Crippen LogP contribution in [0.15, 0.2) is 41.9 Å². The van der Waals surface area contributed by atoms with Crippen LogP contribution in [-0.2, 0) is 6.42 Å². The lowest BCUT2D eigenvalue weighted by atomic mass is 10.1. The first kappa shape index (κ1) is 23.1. The lowest BCUT2D eigenvalue weighted by molar-refractivity contribution is 0.475. The standard InChI is InChI=1S/C27H25N5OS/c1-5-6-7-22-18(4)34-16-23(22)25-30-26(29-13-12-19-8-10-21(33)11-9-19)24-20(14-28)15-32(17(2)3)27(24)31-25/h1,6-11,15-17,33H,12-13H2,2-4H3,(H,29,30,31)/b7-6-. The molecule has 4 rings (SSSR count). The van der Waals surface area contributed by atoms with Crippen LogP contribution >= 0.6 is 11.3 Å². The number of benzene rings is 1. The Hall–Kier alpha value is -4.07. The summed E-state index contributed by atoms with van der Waals surface area (Å²) < 4.78 is 2.01. The van der Waals surface area contributed by atoms with E-state index in [1.54, 1.807) is 29.5 Å². The number of nitrogens with zero attached hydrogens (tertiary/aromatic N) is 4. The third-order valence-corrected chi connectivity index (χ3v) is 6.53. The van der Waals surface area contributed by atoms with Crippen LogP contribution in [0.2, 0.25) is 0 Å². The Morgan fingerprint density at radius 2 is 2.03 bits per heavy atom. The number of hydrogen-bond acceptors (Lipinski definition) is 6. The Balaban J connectivity index is 1.81. The number of hydrogen-bond donors (Lipinski definition) is 2. The van der Waals surface area contributed by atoms with E-state index in [1.165, 1.54) is 0 Å². The molecule has 3 heterocycles. The topological polar surface area (TPSA) is 86.8 Å². The summed E-state index contributed by atoms with van der Waals surface area (Å²) in [6.07, 6.45) is 11.6. The van der Waals surface area contributed by atoms with Gasteiger partial charge in [-0.2, -0.15) is 5.26 Å². The highest BCUT2D eigenvalue weighted by molar-refractivity contribution is 7.10. The average Bonchev–Trinajstić information content (AvgIpc) is 3.39. The molecule has 0 saturated heterocycles. The zero-order valence-electron chi connectivity index (χ0n) is 19.3. The lowest BCUT2D eigenvalue weighted by Crippen LogP contribution is -2.09. The number of allylic oxidation sites excluding steroid dienone is 1. The van der Waals surface area contributed by atoms with Crippen LogP contribution in [0.3, 0.4) is 0 Å². The molecule has 0 fully saturated rings. The van der Waals surface area contributed by atoms with Crippen LogP contribution in [0.5, 0.6) is 5.75 Å². The number of terminal acetylenes is 1. The molecule has 4 aromatic rings. The van der Waals surface area contributed by atoms with Crippen LogP contribution in [0.1, 0.15) is 41.5 Å². The quantitative estimate of drug-likeness (QED) is 0.329. The molecule has 34 heavy (non-hydrogen) atoms. The Bertz CT molecular complexity index is 1450. The van der Waals surface area contributed by atoms with Gasteiger partial charge in [0.2, 0.25) is 0 Å². The summed E-state index contributed by atoms with van der Waals surface area (Å²) in [6, 6.07) is 9.58. The molecule has 0 saturated carbocycles. The van der Waals surface area contributed by atoms with E-state index in [2.05, 4.69) is 31.2 Å². The molecule has 0 aliphatic heterocycles. The van der Waals surface area contributed by atoms with Crippen molar-refractivity contribution in [2.45, 2.75) is 33.2 Å². The van der Waals surface area contributed by atoms with Crippen molar-refractivity contribution in [1.82, 2.24) is 14.5 Å². The van der Waals surface area contributed by atoms with E-state index in [1.807, 2.05) is 41.3 Å². The molecule has 0 aliphatic rings. The van der Waals surface area contributed by atoms with Crippen molar-refractivity contribution in [2.75, 3.05) is 11.9 Å². The minimum Gasteiger partial charge on any atom is -0.508 e. The summed E-state index contributed by atoms with van der Waals surface area (Å²) in [5.41, 5.74) is 4.26. The van der Waals surface area contributed by atoms with Crippen molar-refractivity contribution in [2.24, 2.45) is 0 Å². The molecule has 0 bridgehead atoms. The summed E-state index contributed by atoms with van der Waals surface area (Å²) in [6.45, 7) is 6.79. The second kappa shape index (κ2) is 9.82. The van der Waals surface area contributed by atoms with Crippen molar-refractivity contribution in [1.29, 1.82) is 5.26 Å². The predicted octanol–water partition coefficient (Wildman–Crippen LogP) is 5.93. The van der Waals surface area contributed by atoms with Crippen molar-refractivity contribution in [3.8, 4) is 35.6 Å². The molecule has 1 aromatic carbocycles. The van der Waals surface area contributed by atoms with Crippen LogP contribution in [-0.4, -0.2) is 26.2 Å². The zero-order valence-corrected chi connectivity index (χ0v) is 20.1. The molecular formula is C27H25N5OS. The van der Waals surface area contributed by atoms with Crippen LogP contribution in [0.25, 0.3) is 28.5 Å². The van der Waals surface area contributed by atoms with E-state index >= 15 is 0 Å². The number of aryl methyl sites for hydroxylation is 1. The monoisotopic (exact) mass is 467 g/mol. The first-order chi connectivity index (χ1) is 16.4. The van der Waals surface area contributed by atoms with E-state index in [4.69, 9.17) is 16.4 Å². The van der Waals surface area contributed by atoms with Gasteiger partial charge in [0.1, 0.15) is 23.3 Å². The Kier molecular flexibility index (Phi) is 6.67. The fourth-order valence-electron chi connectivity index (χ4n) is 3.84. The van der Waals surface area contributed by atoms with Gasteiger partial charge in [0.15, 0.2) is 5.82 Å². The van der Waals surface area contributed by atoms with Gasteiger partial charge < -0.3 is 15.0 Å². The normalized spacial score (nSPS) is 11.2. The number of aromatic hydroxyl groups is 1. The highest BCUT2D eigenvalue weighted by Gasteiger charge is 2.21. The Morgan fingerprint density at radius 3 is 2.71 bits per heavy atom. The Labute approximate surface area is 203 Å². The molecule has 0 amide bonds. The van der Waals surface area contributed by atoms with Crippen LogP contribution in [0.4, 0.5) is 5.82 Å². The van der Waals surface area contributed by atoms with Crippen molar-refractivity contribution in [3.05, 3.63) is 63.5 Å². The number of phenols is 1. The third kappa shape index (κ3) is 4.52. The van der Waals surface area contributed by atoms with Crippen LogP contribution < -0.4 is 5.32 Å². The fraction of sp³-hybridized carbons (Fsp3) is 0.222. The summed E-state index contributed by atoms with van der Waals surface area (Å²) in [7, 11) is 0. The molecular weight excluding hydrogens is 442 g/mol. The predicted molar refractivity (Wildman–Crippen MR) is 139 cm³/mol. The Morgan fingerprint density at radius 1 is 1.26 bits per heavy atom. The van der Waals surface area contributed by atoms with E-state index in [0.717, 1.165) is 39.0 Å². The summed E-state index contributed by atoms with van der Waals surface area (Å²) >= 11 is 1.62. The smallest absolute Gasteiger partial charge is 0.165 e. The van der Waals surface area contributed by atoms with Gasteiger partial charge in [-0.15, -0.1) is 17.8 Å². The third-order valence-electron chi connectivity index (χ3n) is 5.60. The number of nitrogens with one attached hydrogen (secondary N) is 1. The van der Waals surface area contributed by atoms with Crippen LogP contribution in [0, 0.1) is 30.6 Å². The maximum absolute atomic E-state index is 9.82. The SMILES string of the molecule is C#C/C=C\c1c(-c2nc(NCCc3ccc(O)cc3)c3c(C#N)cn(C(C)C)c3n2)csc1C. The molecule has 0 aliphatic carbocycles. The number of aromatic nitrogens is 3. The van der Waals surface area contributed by atoms with E-state index in [9.17, 15) is 10.4 Å². The zero-order chi connectivity index (χ0) is 24.2. The first-order valence-corrected chi connectivity index (χ1v) is 11.9. The highest BCUT2D eigenvalue weighted by atomic mass is 32.1. The average molecular weight is 468 g/mol. The van der Waals surface area contributed by atoms with Gasteiger partial charge in [0, 0.05) is 34.6 Å². The summed E-state index contributed by atoms with van der Waals surface area (Å²) in [5.74, 6) is 4.01. The number of fused-ring (bicyclic) bond motifs is 1. The van der Waals surface area contributed by atoms with E-state index in [-0.39, 0.29) is 11.8 Å². The number of anilines is 1. The highest BCUT2D eigenvalue weighted by Crippen LogP contribution is 2.35. The van der Waals surface area contributed by atoms with Gasteiger partial charge in [-0.05, 0) is 62.6 Å². The van der Waals surface area contributed by atoms with Crippen molar-refractivity contribution >= 4 is 34.3 Å². The molecule has 6 nitrogen and oxygen atoms in total. The molecule has 0 unspecified atom stereocenters. The maximum Gasteiger partial charge on any atom is 0.165 e.